The summed E-state index contributed by atoms with van der Waals surface area (Å²) in [6, 6.07) is 0.474. The fourth-order valence-electron chi connectivity index (χ4n) is 1.91. The third kappa shape index (κ3) is 2.46. The van der Waals surface area contributed by atoms with Crippen LogP contribution >= 0.6 is 0 Å². The number of hydrogen-bond acceptors (Lipinski definition) is 1. The van der Waals surface area contributed by atoms with Crippen molar-refractivity contribution in [3.05, 3.63) is 23.0 Å². The summed E-state index contributed by atoms with van der Waals surface area (Å²) in [6.45, 7) is 7.15. The van der Waals surface area contributed by atoms with Crippen LogP contribution in [0.4, 0.5) is 0 Å². The molecule has 0 aliphatic heterocycles. The zero-order valence-electron chi connectivity index (χ0n) is 10.3. The topological polar surface area (TPSA) is 34.0 Å². The average Bonchev–Trinajstić information content (AvgIpc) is 3.01. The van der Waals surface area contributed by atoms with E-state index >= 15 is 0 Å². The van der Waals surface area contributed by atoms with Gasteiger partial charge in [0.2, 0.25) is 5.91 Å². The van der Waals surface area contributed by atoms with Crippen LogP contribution < -0.4 is 5.32 Å². The lowest BCUT2D eigenvalue weighted by Crippen LogP contribution is -2.26. The molecule has 88 valence electrons. The van der Waals surface area contributed by atoms with Gasteiger partial charge in [-0.3, -0.25) is 4.79 Å². The van der Waals surface area contributed by atoms with Gasteiger partial charge in [0, 0.05) is 30.9 Å². The van der Waals surface area contributed by atoms with Crippen molar-refractivity contribution in [2.45, 2.75) is 52.6 Å². The monoisotopic (exact) mass is 220 g/mol. The number of aromatic nitrogens is 1. The van der Waals surface area contributed by atoms with E-state index in [9.17, 15) is 4.79 Å². The molecule has 2 rings (SSSR count). The number of amides is 1. The molecule has 16 heavy (non-hydrogen) atoms. The van der Waals surface area contributed by atoms with Crippen LogP contribution in [0.1, 0.15) is 36.1 Å². The summed E-state index contributed by atoms with van der Waals surface area (Å²) in [7, 11) is 0. The Kier molecular flexibility index (Phi) is 3.03. The van der Waals surface area contributed by atoms with Crippen LogP contribution in [-0.2, 0) is 11.3 Å². The van der Waals surface area contributed by atoms with Gasteiger partial charge < -0.3 is 9.88 Å². The van der Waals surface area contributed by atoms with Gasteiger partial charge in [-0.15, -0.1) is 0 Å². The Hall–Kier alpha value is -1.25. The molecule has 1 amide bonds. The molecule has 0 bridgehead atoms. The van der Waals surface area contributed by atoms with Crippen LogP contribution in [0.15, 0.2) is 6.20 Å². The highest BCUT2D eigenvalue weighted by Crippen LogP contribution is 2.19. The molecule has 0 saturated heterocycles. The normalized spacial score (nSPS) is 15.2. The van der Waals surface area contributed by atoms with Gasteiger partial charge >= 0.3 is 0 Å². The van der Waals surface area contributed by atoms with E-state index in [2.05, 4.69) is 36.9 Å². The van der Waals surface area contributed by atoms with Gasteiger partial charge in [-0.25, -0.2) is 0 Å². The summed E-state index contributed by atoms with van der Waals surface area (Å²) in [5.41, 5.74) is 3.92. The zero-order chi connectivity index (χ0) is 11.7. The first-order valence-electron chi connectivity index (χ1n) is 6.00. The molecule has 3 nitrogen and oxygen atoms in total. The van der Waals surface area contributed by atoms with Gasteiger partial charge in [0.05, 0.1) is 0 Å². The minimum Gasteiger partial charge on any atom is -0.353 e. The van der Waals surface area contributed by atoms with Gasteiger partial charge in [-0.05, 0) is 44.7 Å². The Labute approximate surface area is 96.8 Å². The van der Waals surface area contributed by atoms with Crippen molar-refractivity contribution in [1.29, 1.82) is 0 Å². The summed E-state index contributed by atoms with van der Waals surface area (Å²) < 4.78 is 2.18. The number of nitrogens with zero attached hydrogens (tertiary/aromatic N) is 1. The quantitative estimate of drug-likeness (QED) is 0.828. The smallest absolute Gasteiger partial charge is 0.222 e. The third-order valence-corrected chi connectivity index (χ3v) is 3.44. The lowest BCUT2D eigenvalue weighted by Gasteiger charge is -2.07. The first kappa shape index (κ1) is 11.2. The van der Waals surface area contributed by atoms with Crippen LogP contribution in [-0.4, -0.2) is 16.5 Å². The molecule has 1 saturated carbocycles. The second-order valence-electron chi connectivity index (χ2n) is 4.81. The Morgan fingerprint density at radius 1 is 1.44 bits per heavy atom. The minimum atomic E-state index is 0.186. The van der Waals surface area contributed by atoms with E-state index in [-0.39, 0.29) is 5.91 Å². The summed E-state index contributed by atoms with van der Waals surface area (Å²) in [4.78, 5) is 11.5. The van der Waals surface area contributed by atoms with E-state index in [1.807, 2.05) is 0 Å². The molecule has 1 aromatic heterocycles. The maximum absolute atomic E-state index is 11.5. The summed E-state index contributed by atoms with van der Waals surface area (Å²) >= 11 is 0. The standard InChI is InChI=1S/C13H20N2O/c1-9-8-15(11(3)10(9)2)7-6-13(16)14-12-4-5-12/h8,12H,4-7H2,1-3H3,(H,14,16). The molecule has 1 aliphatic rings. The fraction of sp³-hybridized carbons (Fsp3) is 0.615. The van der Waals surface area contributed by atoms with Gasteiger partial charge in [0.15, 0.2) is 0 Å². The molecule has 1 N–H and O–H groups in total. The molecule has 1 aromatic rings. The maximum atomic E-state index is 11.5. The van der Waals surface area contributed by atoms with Crippen molar-refractivity contribution in [3.63, 3.8) is 0 Å². The second-order valence-corrected chi connectivity index (χ2v) is 4.81. The van der Waals surface area contributed by atoms with E-state index in [4.69, 9.17) is 0 Å². The van der Waals surface area contributed by atoms with E-state index in [1.54, 1.807) is 0 Å². The minimum absolute atomic E-state index is 0.186. The molecule has 0 atom stereocenters. The van der Waals surface area contributed by atoms with E-state index in [0.717, 1.165) is 19.4 Å². The number of nitrogens with one attached hydrogen (secondary N) is 1. The Morgan fingerprint density at radius 3 is 2.62 bits per heavy atom. The molecular weight excluding hydrogens is 200 g/mol. The van der Waals surface area contributed by atoms with Crippen LogP contribution in [0.5, 0.6) is 0 Å². The fourth-order valence-corrected chi connectivity index (χ4v) is 1.91. The summed E-state index contributed by atoms with van der Waals surface area (Å²) in [5, 5.41) is 3.01. The van der Waals surface area contributed by atoms with Crippen LogP contribution in [0.3, 0.4) is 0 Å². The maximum Gasteiger partial charge on any atom is 0.222 e. The van der Waals surface area contributed by atoms with E-state index in [0.29, 0.717) is 12.5 Å². The molecular formula is C13H20N2O. The van der Waals surface area contributed by atoms with Crippen molar-refractivity contribution >= 4 is 5.91 Å². The van der Waals surface area contributed by atoms with Crippen molar-refractivity contribution < 1.29 is 4.79 Å². The van der Waals surface area contributed by atoms with E-state index < -0.39 is 0 Å². The van der Waals surface area contributed by atoms with Gasteiger partial charge in [-0.1, -0.05) is 0 Å². The highest BCUT2D eigenvalue weighted by atomic mass is 16.1. The largest absolute Gasteiger partial charge is 0.353 e. The Morgan fingerprint density at radius 2 is 2.12 bits per heavy atom. The Balaban J connectivity index is 1.88. The van der Waals surface area contributed by atoms with Crippen molar-refractivity contribution in [2.75, 3.05) is 0 Å². The lowest BCUT2D eigenvalue weighted by molar-refractivity contribution is -0.121. The lowest BCUT2D eigenvalue weighted by atomic mass is 10.2. The number of hydrogen-bond donors (Lipinski definition) is 1. The summed E-state index contributed by atoms with van der Waals surface area (Å²) in [6.07, 6.45) is 5.04. The number of aryl methyl sites for hydroxylation is 2. The number of carbonyl (C=O) groups excluding carboxylic acids is 1. The van der Waals surface area contributed by atoms with Gasteiger partial charge in [0.1, 0.15) is 0 Å². The first-order chi connectivity index (χ1) is 7.58. The first-order valence-corrected chi connectivity index (χ1v) is 6.00. The molecule has 1 fully saturated rings. The SMILES string of the molecule is Cc1cn(CCC(=O)NC2CC2)c(C)c1C. The average molecular weight is 220 g/mol. The van der Waals surface area contributed by atoms with Crippen LogP contribution in [0.2, 0.25) is 0 Å². The van der Waals surface area contributed by atoms with Gasteiger partial charge in [0.25, 0.3) is 0 Å². The van der Waals surface area contributed by atoms with Crippen molar-refractivity contribution in [2.24, 2.45) is 0 Å². The molecule has 3 heteroatoms. The number of rotatable bonds is 4. The number of carbonyl (C=O) groups is 1. The molecule has 1 aliphatic carbocycles. The van der Waals surface area contributed by atoms with Crippen LogP contribution in [0.25, 0.3) is 0 Å². The zero-order valence-corrected chi connectivity index (χ0v) is 10.3. The van der Waals surface area contributed by atoms with E-state index in [1.165, 1.54) is 16.8 Å². The molecule has 0 aromatic carbocycles. The summed E-state index contributed by atoms with van der Waals surface area (Å²) in [5.74, 6) is 0.186. The van der Waals surface area contributed by atoms with Crippen molar-refractivity contribution in [1.82, 2.24) is 9.88 Å². The third-order valence-electron chi connectivity index (χ3n) is 3.44. The molecule has 0 radical (unpaired) electrons. The van der Waals surface area contributed by atoms with Crippen molar-refractivity contribution in [3.8, 4) is 0 Å². The molecule has 1 heterocycles. The highest BCUT2D eigenvalue weighted by Gasteiger charge is 2.22. The highest BCUT2D eigenvalue weighted by molar-refractivity contribution is 5.76. The predicted molar refractivity (Wildman–Crippen MR) is 64.4 cm³/mol. The Bertz CT molecular complexity index is 402. The van der Waals surface area contributed by atoms with Crippen LogP contribution in [0, 0.1) is 20.8 Å². The predicted octanol–water partition coefficient (Wildman–Crippen LogP) is 2.08. The van der Waals surface area contributed by atoms with Gasteiger partial charge in [-0.2, -0.15) is 0 Å². The molecule has 0 unspecified atom stereocenters. The molecule has 0 spiro atoms. The second kappa shape index (κ2) is 4.32.